The number of nitrogens with zero attached hydrogens (tertiary/aromatic N) is 4. The summed E-state index contributed by atoms with van der Waals surface area (Å²) < 4.78 is 33.1. The minimum atomic E-state index is -4.28. The molecule has 1 aliphatic rings. The molecular weight excluding hydrogens is 470 g/mol. The topological polar surface area (TPSA) is 121 Å². The largest absolute Gasteiger partial charge is 0.507 e. The lowest BCUT2D eigenvalue weighted by molar-refractivity contribution is 0.133. The number of piperazine rings is 1. The number of ether oxygens (including phenoxy) is 1. The Morgan fingerprint density at radius 2 is 1.77 bits per heavy atom. The Labute approximate surface area is 204 Å². The van der Waals surface area contributed by atoms with Crippen molar-refractivity contribution in [3.8, 4) is 22.9 Å². The van der Waals surface area contributed by atoms with Gasteiger partial charge in [-0.25, -0.2) is 18.3 Å². The van der Waals surface area contributed by atoms with Crippen LogP contribution < -0.4 is 10.4 Å². The molecule has 3 aromatic rings. The van der Waals surface area contributed by atoms with Crippen LogP contribution in [0.1, 0.15) is 25.3 Å². The van der Waals surface area contributed by atoms with Crippen molar-refractivity contribution in [3.05, 3.63) is 58.5 Å². The lowest BCUT2D eigenvalue weighted by atomic mass is 10.00. The standard InChI is InChI=1S/C24H31N5O5S/c1-17(2)18-4-9-22(30)21(16-18)23-25-26-24(31)29(23)35(32,33)20-7-5-19(6-8-20)34-15-14-28-12-10-27(3)11-13-28/h4-9,16-17,30H,10-15H2,1-3H3,(H,26,31). The van der Waals surface area contributed by atoms with Crippen LogP contribution in [0, 0.1) is 0 Å². The summed E-state index contributed by atoms with van der Waals surface area (Å²) in [6.45, 7) is 9.28. The first-order valence-electron chi connectivity index (χ1n) is 11.6. The molecule has 0 bridgehead atoms. The molecule has 11 heteroatoms. The molecule has 2 aromatic carbocycles. The van der Waals surface area contributed by atoms with Crippen molar-refractivity contribution in [2.24, 2.45) is 0 Å². The Bertz CT molecular complexity index is 1320. The molecule has 188 valence electrons. The van der Waals surface area contributed by atoms with Crippen molar-refractivity contribution in [1.29, 1.82) is 0 Å². The molecule has 10 nitrogen and oxygen atoms in total. The minimum Gasteiger partial charge on any atom is -0.507 e. The summed E-state index contributed by atoms with van der Waals surface area (Å²) >= 11 is 0. The molecule has 0 radical (unpaired) electrons. The van der Waals surface area contributed by atoms with Crippen LogP contribution in [0.25, 0.3) is 11.4 Å². The third kappa shape index (κ3) is 5.42. The summed E-state index contributed by atoms with van der Waals surface area (Å²) in [5.41, 5.74) is 0.110. The van der Waals surface area contributed by atoms with Gasteiger partial charge in [0.15, 0.2) is 5.82 Å². The van der Waals surface area contributed by atoms with Crippen LogP contribution in [0.5, 0.6) is 11.5 Å². The maximum atomic E-state index is 13.4. The van der Waals surface area contributed by atoms with Crippen molar-refractivity contribution in [2.45, 2.75) is 24.7 Å². The maximum Gasteiger partial charge on any atom is 0.357 e. The van der Waals surface area contributed by atoms with E-state index >= 15 is 0 Å². The highest BCUT2D eigenvalue weighted by atomic mass is 32.2. The number of aromatic nitrogens is 3. The van der Waals surface area contributed by atoms with E-state index in [1.165, 1.54) is 18.2 Å². The van der Waals surface area contributed by atoms with Crippen molar-refractivity contribution < 1.29 is 18.3 Å². The molecule has 2 heterocycles. The zero-order valence-corrected chi connectivity index (χ0v) is 21.0. The second kappa shape index (κ2) is 10.2. The molecular formula is C24H31N5O5S. The van der Waals surface area contributed by atoms with E-state index in [0.717, 1.165) is 38.3 Å². The van der Waals surface area contributed by atoms with Gasteiger partial charge in [0.05, 0.1) is 10.5 Å². The third-order valence-electron chi connectivity index (χ3n) is 6.20. The highest BCUT2D eigenvalue weighted by molar-refractivity contribution is 7.90. The van der Waals surface area contributed by atoms with Gasteiger partial charge < -0.3 is 14.7 Å². The van der Waals surface area contributed by atoms with Gasteiger partial charge in [0, 0.05) is 32.7 Å². The minimum absolute atomic E-state index is 0.0897. The van der Waals surface area contributed by atoms with E-state index in [-0.39, 0.29) is 28.0 Å². The molecule has 2 N–H and O–H groups in total. The first kappa shape index (κ1) is 25.0. The van der Waals surface area contributed by atoms with Crippen LogP contribution >= 0.6 is 0 Å². The van der Waals surface area contributed by atoms with Crippen molar-refractivity contribution in [2.75, 3.05) is 46.4 Å². The van der Waals surface area contributed by atoms with E-state index in [9.17, 15) is 18.3 Å². The van der Waals surface area contributed by atoms with Crippen LogP contribution in [0.15, 0.2) is 52.2 Å². The van der Waals surface area contributed by atoms with Gasteiger partial charge in [-0.1, -0.05) is 19.9 Å². The first-order chi connectivity index (χ1) is 16.7. The average molecular weight is 502 g/mol. The van der Waals surface area contributed by atoms with Gasteiger partial charge in [-0.2, -0.15) is 9.07 Å². The lowest BCUT2D eigenvalue weighted by Crippen LogP contribution is -2.45. The zero-order valence-electron chi connectivity index (χ0n) is 20.1. The summed E-state index contributed by atoms with van der Waals surface area (Å²) in [6, 6.07) is 10.8. The molecule has 1 fully saturated rings. The third-order valence-corrected chi connectivity index (χ3v) is 7.88. The van der Waals surface area contributed by atoms with Gasteiger partial charge in [0.1, 0.15) is 18.1 Å². The number of likely N-dealkylation sites (N-methyl/N-ethyl adjacent to an activating group) is 1. The highest BCUT2D eigenvalue weighted by Crippen LogP contribution is 2.32. The monoisotopic (exact) mass is 501 g/mol. The van der Waals surface area contributed by atoms with Crippen molar-refractivity contribution in [3.63, 3.8) is 0 Å². The van der Waals surface area contributed by atoms with Crippen LogP contribution in [-0.4, -0.2) is 83.9 Å². The molecule has 1 aliphatic heterocycles. The molecule has 0 aliphatic carbocycles. The normalized spacial score (nSPS) is 15.5. The Hall–Kier alpha value is -3.15. The van der Waals surface area contributed by atoms with E-state index in [0.29, 0.717) is 16.3 Å². The first-order valence-corrected chi connectivity index (χ1v) is 13.0. The highest BCUT2D eigenvalue weighted by Gasteiger charge is 2.27. The Morgan fingerprint density at radius 1 is 1.09 bits per heavy atom. The maximum absolute atomic E-state index is 13.4. The summed E-state index contributed by atoms with van der Waals surface area (Å²) in [7, 11) is -2.18. The number of H-pyrrole nitrogens is 1. The fourth-order valence-electron chi connectivity index (χ4n) is 3.95. The van der Waals surface area contributed by atoms with Crippen molar-refractivity contribution >= 4 is 10.0 Å². The second-order valence-corrected chi connectivity index (χ2v) is 10.8. The number of hydrogen-bond donors (Lipinski definition) is 2. The summed E-state index contributed by atoms with van der Waals surface area (Å²) in [5.74, 6) is 0.324. The molecule has 4 rings (SSSR count). The van der Waals surface area contributed by atoms with Crippen LogP contribution in [-0.2, 0) is 10.0 Å². The molecule has 1 saturated heterocycles. The number of benzene rings is 2. The summed E-state index contributed by atoms with van der Waals surface area (Å²) in [5, 5.41) is 16.5. The van der Waals surface area contributed by atoms with Crippen molar-refractivity contribution in [1.82, 2.24) is 24.0 Å². The molecule has 0 saturated carbocycles. The van der Waals surface area contributed by atoms with Crippen LogP contribution in [0.3, 0.4) is 0 Å². The Morgan fingerprint density at radius 3 is 2.43 bits per heavy atom. The number of hydrogen-bond acceptors (Lipinski definition) is 8. The van der Waals surface area contributed by atoms with Gasteiger partial charge in [0.2, 0.25) is 0 Å². The van der Waals surface area contributed by atoms with Crippen LogP contribution in [0.4, 0.5) is 0 Å². The van der Waals surface area contributed by atoms with E-state index in [2.05, 4.69) is 27.0 Å². The molecule has 0 atom stereocenters. The predicted octanol–water partition coefficient (Wildman–Crippen LogP) is 1.93. The van der Waals surface area contributed by atoms with Crippen LogP contribution in [0.2, 0.25) is 0 Å². The SMILES string of the molecule is CC(C)c1ccc(O)c(-c2n[nH]c(=O)n2S(=O)(=O)c2ccc(OCCN3CCN(C)CC3)cc2)c1. The van der Waals surface area contributed by atoms with E-state index < -0.39 is 15.7 Å². The second-order valence-electron chi connectivity index (χ2n) is 9.02. The Balaban J connectivity index is 1.53. The number of aromatic amines is 1. The van der Waals surface area contributed by atoms with E-state index in [1.54, 1.807) is 24.3 Å². The van der Waals surface area contributed by atoms with E-state index in [1.807, 2.05) is 13.8 Å². The summed E-state index contributed by atoms with van der Waals surface area (Å²) in [4.78, 5) is 17.0. The van der Waals surface area contributed by atoms with Gasteiger partial charge in [0.25, 0.3) is 10.0 Å². The molecule has 1 aromatic heterocycles. The number of nitrogens with one attached hydrogen (secondary N) is 1. The molecule has 35 heavy (non-hydrogen) atoms. The molecule has 0 spiro atoms. The number of phenols is 1. The average Bonchev–Trinajstić information content (AvgIpc) is 3.23. The lowest BCUT2D eigenvalue weighted by Gasteiger charge is -2.32. The smallest absolute Gasteiger partial charge is 0.357 e. The van der Waals surface area contributed by atoms with Gasteiger partial charge in [-0.3, -0.25) is 4.90 Å². The fourth-order valence-corrected chi connectivity index (χ4v) is 5.27. The number of aromatic hydroxyl groups is 1. The predicted molar refractivity (Wildman–Crippen MR) is 132 cm³/mol. The van der Waals surface area contributed by atoms with E-state index in [4.69, 9.17) is 4.74 Å². The van der Waals surface area contributed by atoms with Gasteiger partial charge >= 0.3 is 5.69 Å². The number of rotatable bonds is 8. The zero-order chi connectivity index (χ0) is 25.2. The molecule has 0 amide bonds. The van der Waals surface area contributed by atoms with Gasteiger partial charge in [-0.05, 0) is 54.9 Å². The van der Waals surface area contributed by atoms with Gasteiger partial charge in [-0.15, -0.1) is 0 Å². The Kier molecular flexibility index (Phi) is 7.29. The quantitative estimate of drug-likeness (QED) is 0.480. The fraction of sp³-hybridized carbons (Fsp3) is 0.417. The number of phenolic OH excluding ortho intramolecular Hbond substituents is 1. The summed E-state index contributed by atoms with van der Waals surface area (Å²) in [6.07, 6.45) is 0. The molecule has 0 unspecified atom stereocenters.